The first-order valence-corrected chi connectivity index (χ1v) is 8.16. The summed E-state index contributed by atoms with van der Waals surface area (Å²) >= 11 is 0. The molecule has 0 N–H and O–H groups in total. The first-order chi connectivity index (χ1) is 10.8. The predicted molar refractivity (Wildman–Crippen MR) is 84.5 cm³/mol. The molecule has 6 nitrogen and oxygen atoms in total. The molecule has 0 aromatic carbocycles. The van der Waals surface area contributed by atoms with Gasteiger partial charge in [0.25, 0.3) is 0 Å². The highest BCUT2D eigenvalue weighted by Gasteiger charge is 2.61. The SMILES string of the molecule is CC(C)=C[C@@H]1[C@H](C(=O)N2CCO[C@H](c3nnc(C)o3)C2)C1(C)C. The van der Waals surface area contributed by atoms with Crippen molar-refractivity contribution in [3.63, 3.8) is 0 Å². The highest BCUT2D eigenvalue weighted by atomic mass is 16.5. The number of allylic oxidation sites excluding steroid dienone is 2. The van der Waals surface area contributed by atoms with E-state index in [-0.39, 0.29) is 23.3 Å². The first kappa shape index (κ1) is 16.2. The molecule has 1 saturated heterocycles. The topological polar surface area (TPSA) is 68.5 Å². The van der Waals surface area contributed by atoms with Gasteiger partial charge in [0.15, 0.2) is 6.10 Å². The van der Waals surface area contributed by atoms with Gasteiger partial charge < -0.3 is 14.1 Å². The average molecular weight is 319 g/mol. The predicted octanol–water partition coefficient (Wildman–Crippen LogP) is 2.52. The number of hydrogen-bond acceptors (Lipinski definition) is 5. The first-order valence-electron chi connectivity index (χ1n) is 8.16. The van der Waals surface area contributed by atoms with Crippen LogP contribution in [-0.2, 0) is 9.53 Å². The van der Waals surface area contributed by atoms with Crippen LogP contribution in [0.15, 0.2) is 16.1 Å². The molecule has 1 aromatic rings. The number of aromatic nitrogens is 2. The Morgan fingerprint density at radius 2 is 2.09 bits per heavy atom. The van der Waals surface area contributed by atoms with E-state index in [1.807, 2.05) is 4.90 Å². The number of nitrogens with zero attached hydrogens (tertiary/aromatic N) is 3. The van der Waals surface area contributed by atoms with E-state index in [9.17, 15) is 4.79 Å². The fourth-order valence-electron chi connectivity index (χ4n) is 3.46. The van der Waals surface area contributed by atoms with Crippen molar-refractivity contribution >= 4 is 5.91 Å². The number of hydrogen-bond donors (Lipinski definition) is 0. The minimum Gasteiger partial charge on any atom is -0.423 e. The van der Waals surface area contributed by atoms with Crippen LogP contribution < -0.4 is 0 Å². The molecule has 2 aliphatic rings. The van der Waals surface area contributed by atoms with Gasteiger partial charge in [-0.05, 0) is 25.2 Å². The van der Waals surface area contributed by atoms with Crippen LogP contribution in [0.2, 0.25) is 0 Å². The van der Waals surface area contributed by atoms with E-state index in [0.29, 0.717) is 37.4 Å². The summed E-state index contributed by atoms with van der Waals surface area (Å²) in [5.41, 5.74) is 1.29. The number of carbonyl (C=O) groups excluding carboxylic acids is 1. The van der Waals surface area contributed by atoms with Gasteiger partial charge >= 0.3 is 0 Å². The molecule has 0 unspecified atom stereocenters. The van der Waals surface area contributed by atoms with Gasteiger partial charge in [-0.3, -0.25) is 4.79 Å². The summed E-state index contributed by atoms with van der Waals surface area (Å²) < 4.78 is 11.1. The van der Waals surface area contributed by atoms with E-state index in [2.05, 4.69) is 44.0 Å². The molecule has 126 valence electrons. The third-order valence-corrected chi connectivity index (χ3v) is 4.88. The molecular weight excluding hydrogens is 294 g/mol. The Morgan fingerprint density at radius 3 is 2.70 bits per heavy atom. The average Bonchev–Trinajstić information content (AvgIpc) is 2.84. The van der Waals surface area contributed by atoms with Crippen molar-refractivity contribution in [2.45, 2.75) is 40.7 Å². The number of carbonyl (C=O) groups is 1. The van der Waals surface area contributed by atoms with E-state index < -0.39 is 0 Å². The van der Waals surface area contributed by atoms with Crippen LogP contribution in [-0.4, -0.2) is 40.7 Å². The quantitative estimate of drug-likeness (QED) is 0.801. The van der Waals surface area contributed by atoms with Crippen molar-refractivity contribution in [3.05, 3.63) is 23.4 Å². The molecule has 0 bridgehead atoms. The largest absolute Gasteiger partial charge is 0.423 e. The minimum atomic E-state index is -0.322. The number of aryl methyl sites for hydroxylation is 1. The summed E-state index contributed by atoms with van der Waals surface area (Å²) in [6, 6.07) is 0. The summed E-state index contributed by atoms with van der Waals surface area (Å²) in [4.78, 5) is 14.8. The summed E-state index contributed by atoms with van der Waals surface area (Å²) in [6.45, 7) is 11.8. The van der Waals surface area contributed by atoms with Gasteiger partial charge in [-0.15, -0.1) is 10.2 Å². The van der Waals surface area contributed by atoms with Crippen LogP contribution >= 0.6 is 0 Å². The van der Waals surface area contributed by atoms with Crippen LogP contribution in [0.5, 0.6) is 0 Å². The van der Waals surface area contributed by atoms with Gasteiger partial charge in [-0.25, -0.2) is 0 Å². The zero-order valence-corrected chi connectivity index (χ0v) is 14.5. The molecule has 1 aromatic heterocycles. The van der Waals surface area contributed by atoms with Crippen molar-refractivity contribution in [3.8, 4) is 0 Å². The number of ether oxygens (including phenoxy) is 1. The fraction of sp³-hybridized carbons (Fsp3) is 0.706. The third-order valence-electron chi connectivity index (χ3n) is 4.88. The molecule has 1 saturated carbocycles. The van der Waals surface area contributed by atoms with Crippen molar-refractivity contribution in [1.29, 1.82) is 0 Å². The van der Waals surface area contributed by atoms with E-state index in [1.165, 1.54) is 5.57 Å². The second-order valence-electron chi connectivity index (χ2n) is 7.37. The highest BCUT2D eigenvalue weighted by Crippen LogP contribution is 2.60. The zero-order chi connectivity index (χ0) is 16.8. The molecule has 23 heavy (non-hydrogen) atoms. The molecule has 2 heterocycles. The van der Waals surface area contributed by atoms with Crippen LogP contribution in [0.1, 0.15) is 45.6 Å². The summed E-state index contributed by atoms with van der Waals surface area (Å²) in [7, 11) is 0. The molecule has 6 heteroatoms. The zero-order valence-electron chi connectivity index (χ0n) is 14.5. The summed E-state index contributed by atoms with van der Waals surface area (Å²) in [6.07, 6.45) is 1.90. The molecule has 1 amide bonds. The lowest BCUT2D eigenvalue weighted by molar-refractivity contribution is -0.142. The molecule has 2 fully saturated rings. The van der Waals surface area contributed by atoms with Crippen LogP contribution in [0, 0.1) is 24.2 Å². The van der Waals surface area contributed by atoms with Crippen molar-refractivity contribution in [2.75, 3.05) is 19.7 Å². The summed E-state index contributed by atoms with van der Waals surface area (Å²) in [5.74, 6) is 1.56. The lowest BCUT2D eigenvalue weighted by Gasteiger charge is -2.31. The fourth-order valence-corrected chi connectivity index (χ4v) is 3.46. The van der Waals surface area contributed by atoms with Crippen molar-refractivity contribution < 1.29 is 13.9 Å². The smallest absolute Gasteiger partial charge is 0.246 e. The molecule has 3 atom stereocenters. The van der Waals surface area contributed by atoms with Gasteiger partial charge in [-0.2, -0.15) is 0 Å². The summed E-state index contributed by atoms with van der Waals surface area (Å²) in [5, 5.41) is 7.86. The van der Waals surface area contributed by atoms with Gasteiger partial charge in [0.1, 0.15) is 0 Å². The van der Waals surface area contributed by atoms with E-state index in [1.54, 1.807) is 6.92 Å². The Kier molecular flexibility index (Phi) is 4.04. The molecular formula is C17H25N3O3. The normalized spacial score (nSPS) is 29.3. The van der Waals surface area contributed by atoms with Crippen molar-refractivity contribution in [1.82, 2.24) is 15.1 Å². The standard InChI is InChI=1S/C17H25N3O3/c1-10(2)8-12-14(17(12,4)5)16(21)20-6-7-22-13(9-20)15-19-18-11(3)23-15/h8,12-14H,6-7,9H2,1-5H3/t12-,13+,14-/m1/s1. The maximum Gasteiger partial charge on any atom is 0.246 e. The van der Waals surface area contributed by atoms with Gasteiger partial charge in [0, 0.05) is 13.5 Å². The Bertz CT molecular complexity index is 631. The minimum absolute atomic E-state index is 0.0310. The Morgan fingerprint density at radius 1 is 1.35 bits per heavy atom. The number of morpholine rings is 1. The van der Waals surface area contributed by atoms with E-state index >= 15 is 0 Å². The number of rotatable bonds is 3. The van der Waals surface area contributed by atoms with Crippen LogP contribution in [0.25, 0.3) is 0 Å². The molecule has 0 radical (unpaired) electrons. The third kappa shape index (κ3) is 3.04. The lowest BCUT2D eigenvalue weighted by Crippen LogP contribution is -2.43. The van der Waals surface area contributed by atoms with Crippen LogP contribution in [0.4, 0.5) is 0 Å². The number of amides is 1. The Balaban J connectivity index is 1.69. The van der Waals surface area contributed by atoms with E-state index in [4.69, 9.17) is 9.15 Å². The molecule has 3 rings (SSSR count). The molecule has 0 spiro atoms. The van der Waals surface area contributed by atoms with Gasteiger partial charge in [0.05, 0.1) is 19.1 Å². The molecule has 1 aliphatic heterocycles. The highest BCUT2D eigenvalue weighted by molar-refractivity contribution is 5.84. The lowest BCUT2D eigenvalue weighted by atomic mass is 10.1. The molecule has 1 aliphatic carbocycles. The van der Waals surface area contributed by atoms with E-state index in [0.717, 1.165) is 0 Å². The Hall–Kier alpha value is -1.69. The Labute approximate surface area is 136 Å². The monoisotopic (exact) mass is 319 g/mol. The van der Waals surface area contributed by atoms with Crippen LogP contribution in [0.3, 0.4) is 0 Å². The second-order valence-corrected chi connectivity index (χ2v) is 7.37. The second kappa shape index (κ2) is 5.74. The van der Waals surface area contributed by atoms with Gasteiger partial charge in [0.2, 0.25) is 17.7 Å². The maximum absolute atomic E-state index is 12.9. The maximum atomic E-state index is 12.9. The van der Waals surface area contributed by atoms with Crippen molar-refractivity contribution in [2.24, 2.45) is 17.3 Å². The van der Waals surface area contributed by atoms with Gasteiger partial charge in [-0.1, -0.05) is 25.5 Å².